The Morgan fingerprint density at radius 2 is 1.25 bits per heavy atom. The molecular weight excluding hydrogens is 496 g/mol. The zero-order valence-electron chi connectivity index (χ0n) is 15.6. The van der Waals surface area contributed by atoms with Crippen LogP contribution in [0.3, 0.4) is 0 Å². The molecule has 0 heterocycles. The third kappa shape index (κ3) is 3.84. The zero-order valence-corrected chi connectivity index (χ0v) is 17.2. The molecule has 178 valence electrons. The Balaban J connectivity index is 2.34. The maximum absolute atomic E-state index is 14.3. The highest BCUT2D eigenvalue weighted by Crippen LogP contribution is 2.43. The lowest BCUT2D eigenvalue weighted by Crippen LogP contribution is -2.59. The minimum Gasteiger partial charge on any atom is -0.243 e. The van der Waals surface area contributed by atoms with Gasteiger partial charge in [-0.2, -0.15) is 13.2 Å². The molecule has 1 aromatic rings. The molecule has 32 heavy (non-hydrogen) atoms. The molecule has 0 bridgehead atoms. The third-order valence-corrected chi connectivity index (χ3v) is 9.87. The van der Waals surface area contributed by atoms with Gasteiger partial charge in [0.1, 0.15) is 5.25 Å². The van der Waals surface area contributed by atoms with Crippen molar-refractivity contribution in [3.05, 3.63) is 44.5 Å². The number of halogens is 8. The van der Waals surface area contributed by atoms with Gasteiger partial charge in [-0.3, -0.25) is 0 Å². The monoisotopic (exact) mass is 510 g/mol. The van der Waals surface area contributed by atoms with Crippen LogP contribution in [0.2, 0.25) is 0 Å². The molecule has 0 radical (unpaired) electrons. The van der Waals surface area contributed by atoms with Gasteiger partial charge in [0.25, 0.3) is 9.84 Å². The van der Waals surface area contributed by atoms with Crippen molar-refractivity contribution in [2.75, 3.05) is 0 Å². The van der Waals surface area contributed by atoms with Crippen LogP contribution < -0.4 is 10.4 Å². The molecule has 0 spiro atoms. The van der Waals surface area contributed by atoms with Crippen molar-refractivity contribution in [1.82, 2.24) is 0 Å². The number of sulfone groups is 2. The first kappa shape index (κ1) is 24.7. The zero-order chi connectivity index (χ0) is 24.2. The van der Waals surface area contributed by atoms with Gasteiger partial charge in [-0.1, -0.05) is 30.3 Å². The second-order valence-electron chi connectivity index (χ2n) is 7.18. The standard InChI is InChI=1S/C18H14F8O4S2/c19-11-12(20)14(22)16(15(23)13(11)21)31(27,28)17(32(29,30)18(24,25)26)10-6-5-8-3-1-2-4-9(8)7-10/h1-5,7,11-16H,6H2/b17-10-. The predicted molar refractivity (Wildman–Crippen MR) is 98.4 cm³/mol. The smallest absolute Gasteiger partial charge is 0.243 e. The van der Waals surface area contributed by atoms with E-state index in [9.17, 15) is 52.0 Å². The number of alkyl halides is 8. The molecule has 4 nitrogen and oxygen atoms in total. The van der Waals surface area contributed by atoms with Crippen LogP contribution in [-0.2, 0) is 19.7 Å². The van der Waals surface area contributed by atoms with Gasteiger partial charge < -0.3 is 0 Å². The molecule has 4 atom stereocenters. The van der Waals surface area contributed by atoms with E-state index >= 15 is 0 Å². The first-order chi connectivity index (χ1) is 14.6. The number of hydrogen-bond acceptors (Lipinski definition) is 4. The minimum absolute atomic E-state index is 0.0895. The summed E-state index contributed by atoms with van der Waals surface area (Å²) in [5.41, 5.74) is -7.24. The van der Waals surface area contributed by atoms with Crippen LogP contribution in [0.5, 0.6) is 0 Å². The summed E-state index contributed by atoms with van der Waals surface area (Å²) >= 11 is 0. The topological polar surface area (TPSA) is 68.3 Å². The SMILES string of the molecule is O=S(=O)(/C(=C1/C=c2ccccc2=CC1)S(=O)(=O)C(F)(F)F)C1C(F)C(F)C(F)C(F)C1F. The summed E-state index contributed by atoms with van der Waals surface area (Å²) in [5, 5.41) is -3.06. The molecule has 2 aliphatic carbocycles. The van der Waals surface area contributed by atoms with Crippen LogP contribution in [0.4, 0.5) is 35.1 Å². The van der Waals surface area contributed by atoms with Crippen LogP contribution >= 0.6 is 0 Å². The first-order valence-corrected chi connectivity index (χ1v) is 11.9. The van der Waals surface area contributed by atoms with Crippen LogP contribution in [0, 0.1) is 0 Å². The lowest BCUT2D eigenvalue weighted by atomic mass is 9.91. The largest absolute Gasteiger partial charge is 0.502 e. The highest BCUT2D eigenvalue weighted by atomic mass is 32.3. The average molecular weight is 510 g/mol. The third-order valence-electron chi connectivity index (χ3n) is 5.14. The van der Waals surface area contributed by atoms with Crippen molar-refractivity contribution in [2.45, 2.75) is 48.0 Å². The molecule has 14 heteroatoms. The first-order valence-electron chi connectivity index (χ1n) is 8.88. The number of fused-ring (bicyclic) bond motifs is 1. The van der Waals surface area contributed by atoms with E-state index in [1.165, 1.54) is 30.3 Å². The molecular formula is C18H14F8O4S2. The fourth-order valence-corrected chi connectivity index (χ4v) is 7.86. The van der Waals surface area contributed by atoms with Crippen molar-refractivity contribution in [2.24, 2.45) is 0 Å². The predicted octanol–water partition coefficient (Wildman–Crippen LogP) is 2.29. The van der Waals surface area contributed by atoms with Gasteiger partial charge >= 0.3 is 5.51 Å². The van der Waals surface area contributed by atoms with Crippen molar-refractivity contribution in [1.29, 1.82) is 0 Å². The molecule has 0 aromatic heterocycles. The molecule has 0 amide bonds. The second-order valence-corrected chi connectivity index (χ2v) is 11.4. The number of allylic oxidation sites excluding steroid dienone is 1. The minimum atomic E-state index is -6.77. The van der Waals surface area contributed by atoms with Gasteiger partial charge in [0.15, 0.2) is 44.9 Å². The van der Waals surface area contributed by atoms with Crippen molar-refractivity contribution >= 4 is 31.8 Å². The Kier molecular flexibility index (Phi) is 6.26. The molecule has 4 unspecified atom stereocenters. The molecule has 0 N–H and O–H groups in total. The van der Waals surface area contributed by atoms with Gasteiger partial charge in [-0.25, -0.2) is 38.8 Å². The van der Waals surface area contributed by atoms with E-state index in [2.05, 4.69) is 0 Å². The summed E-state index contributed by atoms with van der Waals surface area (Å²) in [7, 11) is -13.0. The maximum atomic E-state index is 14.3. The number of benzene rings is 1. The summed E-state index contributed by atoms with van der Waals surface area (Å²) in [6.07, 6.45) is -16.6. The van der Waals surface area contributed by atoms with Gasteiger partial charge in [-0.05, 0) is 28.5 Å². The van der Waals surface area contributed by atoms with E-state index < -0.39 is 77.5 Å². The van der Waals surface area contributed by atoms with Gasteiger partial charge in [0.2, 0.25) is 0 Å². The lowest BCUT2D eigenvalue weighted by Gasteiger charge is -2.36. The van der Waals surface area contributed by atoms with E-state index in [-0.39, 0.29) is 5.22 Å². The maximum Gasteiger partial charge on any atom is 0.502 e. The van der Waals surface area contributed by atoms with E-state index in [1.54, 1.807) is 0 Å². The van der Waals surface area contributed by atoms with Crippen LogP contribution in [0.15, 0.2) is 34.1 Å². The van der Waals surface area contributed by atoms with Crippen molar-refractivity contribution < 1.29 is 52.0 Å². The second kappa shape index (κ2) is 8.12. The van der Waals surface area contributed by atoms with Crippen molar-refractivity contribution in [3.8, 4) is 0 Å². The molecule has 1 saturated carbocycles. The summed E-state index contributed by atoms with van der Waals surface area (Å²) in [5.74, 6) is 0. The highest BCUT2D eigenvalue weighted by Gasteiger charge is 2.63. The number of rotatable bonds is 3. The Labute approximate surface area is 176 Å². The fourth-order valence-electron chi connectivity index (χ4n) is 3.58. The Hall–Kier alpha value is -1.96. The molecule has 3 rings (SSSR count). The summed E-state index contributed by atoms with van der Waals surface area (Å²) in [6, 6.07) is 5.71. The van der Waals surface area contributed by atoms with Crippen LogP contribution in [0.25, 0.3) is 12.2 Å². The van der Waals surface area contributed by atoms with Gasteiger partial charge in [0.05, 0.1) is 0 Å². The molecule has 0 saturated heterocycles. The Morgan fingerprint density at radius 1 is 0.781 bits per heavy atom. The highest BCUT2D eigenvalue weighted by molar-refractivity contribution is 8.15. The fraction of sp³-hybridized carbons (Fsp3) is 0.444. The van der Waals surface area contributed by atoms with E-state index in [0.29, 0.717) is 5.22 Å². The lowest BCUT2D eigenvalue weighted by molar-refractivity contribution is -0.0477. The molecule has 1 fully saturated rings. The number of hydrogen-bond donors (Lipinski definition) is 0. The Morgan fingerprint density at radius 3 is 1.75 bits per heavy atom. The Bertz CT molecular complexity index is 1250. The molecule has 0 aliphatic heterocycles. The quantitative estimate of drug-likeness (QED) is 0.586. The van der Waals surface area contributed by atoms with Crippen LogP contribution in [0.1, 0.15) is 6.42 Å². The summed E-state index contributed by atoms with van der Waals surface area (Å²) in [4.78, 5) is 0. The molecule has 2 aliphatic rings. The normalized spacial score (nSPS) is 33.0. The van der Waals surface area contributed by atoms with Gasteiger partial charge in [0, 0.05) is 0 Å². The van der Waals surface area contributed by atoms with E-state index in [1.807, 2.05) is 0 Å². The summed E-state index contributed by atoms with van der Waals surface area (Å²) < 4.78 is 157. The van der Waals surface area contributed by atoms with E-state index in [4.69, 9.17) is 0 Å². The average Bonchev–Trinajstić information content (AvgIpc) is 2.69. The van der Waals surface area contributed by atoms with Crippen molar-refractivity contribution in [3.63, 3.8) is 0 Å². The van der Waals surface area contributed by atoms with Gasteiger partial charge in [-0.15, -0.1) is 0 Å². The molecule has 1 aromatic carbocycles. The van der Waals surface area contributed by atoms with E-state index in [0.717, 1.165) is 6.08 Å². The summed E-state index contributed by atoms with van der Waals surface area (Å²) in [6.45, 7) is 0. The van der Waals surface area contributed by atoms with Crippen LogP contribution in [-0.4, -0.2) is 58.5 Å².